The molecule has 0 saturated heterocycles. The van der Waals surface area contributed by atoms with Crippen molar-refractivity contribution in [2.45, 2.75) is 44.6 Å². The Bertz CT molecular complexity index is 475. The molecule has 1 aromatic rings. The lowest BCUT2D eigenvalue weighted by Gasteiger charge is -2.29. The van der Waals surface area contributed by atoms with Crippen LogP contribution in [0.1, 0.15) is 44.1 Å². The summed E-state index contributed by atoms with van der Waals surface area (Å²) in [5.41, 5.74) is 6.64. The summed E-state index contributed by atoms with van der Waals surface area (Å²) in [4.78, 5) is 12.7. The van der Waals surface area contributed by atoms with Crippen molar-refractivity contribution in [1.82, 2.24) is 5.32 Å². The van der Waals surface area contributed by atoms with Gasteiger partial charge in [0.25, 0.3) is 0 Å². The van der Waals surface area contributed by atoms with Gasteiger partial charge in [-0.25, -0.2) is 0 Å². The van der Waals surface area contributed by atoms with E-state index in [0.29, 0.717) is 5.92 Å². The fourth-order valence-electron chi connectivity index (χ4n) is 2.94. The first-order valence-electron chi connectivity index (χ1n) is 7.22. The third-order valence-electron chi connectivity index (χ3n) is 3.96. The van der Waals surface area contributed by atoms with E-state index in [9.17, 15) is 4.79 Å². The Morgan fingerprint density at radius 1 is 1.35 bits per heavy atom. The molecule has 3 atom stereocenters. The second-order valence-corrected chi connectivity index (χ2v) is 6.19. The minimum atomic E-state index is -0.525. The highest BCUT2D eigenvalue weighted by molar-refractivity contribution is 7.80. The topological polar surface area (TPSA) is 55.1 Å². The molecule has 20 heavy (non-hydrogen) atoms. The predicted molar refractivity (Wildman–Crippen MR) is 85.5 cm³/mol. The summed E-state index contributed by atoms with van der Waals surface area (Å²) >= 11 is 5.08. The van der Waals surface area contributed by atoms with Crippen molar-refractivity contribution in [1.29, 1.82) is 0 Å². The van der Waals surface area contributed by atoms with Gasteiger partial charge in [-0.15, -0.1) is 0 Å². The number of amides is 1. The summed E-state index contributed by atoms with van der Waals surface area (Å²) in [5.74, 6) is 0.0836. The smallest absolute Gasteiger partial charge is 0.234 e. The standard InChI is InChI=1S/C16H22N2OS/c1-11-6-5-9-13(10-11)18-16(19)14(15(17)20)12-7-3-2-4-8-12/h2-4,7-8,11,13-14H,5-6,9-10H2,1H3,(H2,17,20)(H,18,19). The second kappa shape index (κ2) is 6.84. The van der Waals surface area contributed by atoms with Crippen LogP contribution in [0.4, 0.5) is 0 Å². The molecule has 0 heterocycles. The normalized spacial score (nSPS) is 23.9. The molecule has 2 rings (SSSR count). The van der Waals surface area contributed by atoms with Gasteiger partial charge in [0.15, 0.2) is 0 Å². The summed E-state index contributed by atoms with van der Waals surface area (Å²) in [5, 5.41) is 3.12. The average Bonchev–Trinajstić information content (AvgIpc) is 2.39. The van der Waals surface area contributed by atoms with Gasteiger partial charge in [0.1, 0.15) is 5.92 Å². The Hall–Kier alpha value is -1.42. The summed E-state index contributed by atoms with van der Waals surface area (Å²) in [6.07, 6.45) is 4.53. The van der Waals surface area contributed by atoms with Crippen molar-refractivity contribution in [2.24, 2.45) is 11.7 Å². The Labute approximate surface area is 125 Å². The molecule has 1 aliphatic rings. The number of hydrogen-bond donors (Lipinski definition) is 2. The number of nitrogens with two attached hydrogens (primary N) is 1. The molecule has 0 spiro atoms. The summed E-state index contributed by atoms with van der Waals surface area (Å²) < 4.78 is 0. The molecule has 3 unspecified atom stereocenters. The SMILES string of the molecule is CC1CCCC(NC(=O)C(C(N)=S)c2ccccc2)C1. The van der Waals surface area contributed by atoms with Crippen molar-refractivity contribution in [2.75, 3.05) is 0 Å². The largest absolute Gasteiger partial charge is 0.392 e. The van der Waals surface area contributed by atoms with E-state index in [4.69, 9.17) is 18.0 Å². The molecule has 3 nitrogen and oxygen atoms in total. The molecule has 1 saturated carbocycles. The van der Waals surface area contributed by atoms with Gasteiger partial charge >= 0.3 is 0 Å². The highest BCUT2D eigenvalue weighted by atomic mass is 32.1. The highest BCUT2D eigenvalue weighted by Gasteiger charge is 2.27. The van der Waals surface area contributed by atoms with Crippen molar-refractivity contribution in [3.63, 3.8) is 0 Å². The van der Waals surface area contributed by atoms with Gasteiger partial charge in [0.2, 0.25) is 5.91 Å². The first-order chi connectivity index (χ1) is 9.58. The number of thiocarbonyl (C=S) groups is 1. The average molecular weight is 290 g/mol. The number of carbonyl (C=O) groups is 1. The molecule has 4 heteroatoms. The van der Waals surface area contributed by atoms with E-state index in [1.165, 1.54) is 12.8 Å². The molecule has 0 aliphatic heterocycles. The second-order valence-electron chi connectivity index (χ2n) is 5.72. The predicted octanol–water partition coefficient (Wildman–Crippen LogP) is 2.75. The van der Waals surface area contributed by atoms with Crippen molar-refractivity contribution in [3.05, 3.63) is 35.9 Å². The highest BCUT2D eigenvalue weighted by Crippen LogP contribution is 2.24. The molecule has 1 amide bonds. The molecule has 0 aromatic heterocycles. The number of benzene rings is 1. The maximum atomic E-state index is 12.5. The van der Waals surface area contributed by atoms with E-state index < -0.39 is 5.92 Å². The lowest BCUT2D eigenvalue weighted by molar-refractivity contribution is -0.122. The zero-order valence-electron chi connectivity index (χ0n) is 11.8. The molecular formula is C16H22N2OS. The Morgan fingerprint density at radius 2 is 2.05 bits per heavy atom. The number of hydrogen-bond acceptors (Lipinski definition) is 2. The van der Waals surface area contributed by atoms with E-state index in [2.05, 4.69) is 12.2 Å². The fourth-order valence-corrected chi connectivity index (χ4v) is 3.18. The monoisotopic (exact) mass is 290 g/mol. The van der Waals surface area contributed by atoms with Gasteiger partial charge in [0, 0.05) is 6.04 Å². The van der Waals surface area contributed by atoms with Crippen LogP contribution in [0.3, 0.4) is 0 Å². The number of rotatable bonds is 4. The minimum Gasteiger partial charge on any atom is -0.392 e. The van der Waals surface area contributed by atoms with Crippen LogP contribution >= 0.6 is 12.2 Å². The molecule has 3 N–H and O–H groups in total. The molecule has 1 fully saturated rings. The third kappa shape index (κ3) is 3.79. The van der Waals surface area contributed by atoms with E-state index in [1.54, 1.807) is 0 Å². The van der Waals surface area contributed by atoms with Crippen LogP contribution in [-0.2, 0) is 4.79 Å². The third-order valence-corrected chi connectivity index (χ3v) is 4.20. The van der Waals surface area contributed by atoms with Crippen LogP contribution in [0, 0.1) is 5.92 Å². The van der Waals surface area contributed by atoms with Gasteiger partial charge in [-0.05, 0) is 24.3 Å². The van der Waals surface area contributed by atoms with Gasteiger partial charge < -0.3 is 11.1 Å². The maximum Gasteiger partial charge on any atom is 0.234 e. The first-order valence-corrected chi connectivity index (χ1v) is 7.63. The first kappa shape index (κ1) is 15.0. The van der Waals surface area contributed by atoms with Crippen LogP contribution in [0.5, 0.6) is 0 Å². The maximum absolute atomic E-state index is 12.5. The molecule has 1 aliphatic carbocycles. The van der Waals surface area contributed by atoms with Crippen LogP contribution in [0.15, 0.2) is 30.3 Å². The van der Waals surface area contributed by atoms with Gasteiger partial charge in [-0.2, -0.15) is 0 Å². The zero-order valence-corrected chi connectivity index (χ0v) is 12.7. The van der Waals surface area contributed by atoms with Crippen LogP contribution < -0.4 is 11.1 Å². The lowest BCUT2D eigenvalue weighted by atomic mass is 9.86. The van der Waals surface area contributed by atoms with Gasteiger partial charge in [-0.1, -0.05) is 62.3 Å². The molecule has 0 bridgehead atoms. The number of nitrogens with one attached hydrogen (secondary N) is 1. The van der Waals surface area contributed by atoms with Crippen molar-refractivity contribution < 1.29 is 4.79 Å². The summed E-state index contributed by atoms with van der Waals surface area (Å²) in [7, 11) is 0. The molecule has 108 valence electrons. The number of carbonyl (C=O) groups excluding carboxylic acids is 1. The van der Waals surface area contributed by atoms with E-state index in [-0.39, 0.29) is 16.9 Å². The van der Waals surface area contributed by atoms with Gasteiger partial charge in [-0.3, -0.25) is 4.79 Å². The minimum absolute atomic E-state index is 0.0669. The summed E-state index contributed by atoms with van der Waals surface area (Å²) in [6, 6.07) is 9.76. The lowest BCUT2D eigenvalue weighted by Crippen LogP contribution is -2.43. The fraction of sp³-hybridized carbons (Fsp3) is 0.500. The van der Waals surface area contributed by atoms with Crippen LogP contribution in [-0.4, -0.2) is 16.9 Å². The van der Waals surface area contributed by atoms with Crippen molar-refractivity contribution >= 4 is 23.1 Å². The Kier molecular flexibility index (Phi) is 5.12. The van der Waals surface area contributed by atoms with Crippen LogP contribution in [0.25, 0.3) is 0 Å². The van der Waals surface area contributed by atoms with E-state index in [0.717, 1.165) is 18.4 Å². The Morgan fingerprint density at radius 3 is 2.65 bits per heavy atom. The quantitative estimate of drug-likeness (QED) is 0.838. The Balaban J connectivity index is 2.06. The zero-order chi connectivity index (χ0) is 14.5. The van der Waals surface area contributed by atoms with Crippen LogP contribution in [0.2, 0.25) is 0 Å². The molecular weight excluding hydrogens is 268 g/mol. The molecule has 0 radical (unpaired) electrons. The van der Waals surface area contributed by atoms with Crippen molar-refractivity contribution in [3.8, 4) is 0 Å². The van der Waals surface area contributed by atoms with Gasteiger partial charge in [0.05, 0.1) is 4.99 Å². The summed E-state index contributed by atoms with van der Waals surface area (Å²) in [6.45, 7) is 2.24. The molecule has 1 aromatic carbocycles. The van der Waals surface area contributed by atoms with E-state index in [1.807, 2.05) is 30.3 Å². The van der Waals surface area contributed by atoms with E-state index >= 15 is 0 Å².